The molecule has 0 bridgehead atoms. The number of hydrogen-bond donors (Lipinski definition) is 2. The van der Waals surface area contributed by atoms with Crippen molar-refractivity contribution in [2.45, 2.75) is 45.4 Å². The molecule has 1 aromatic rings. The molecule has 1 rings (SSSR count). The lowest BCUT2D eigenvalue weighted by atomic mass is 10.1. The van der Waals surface area contributed by atoms with E-state index in [1.807, 2.05) is 0 Å². The molecule has 0 saturated carbocycles. The maximum Gasteiger partial charge on any atom is 0.240 e. The Kier molecular flexibility index (Phi) is 7.32. The highest BCUT2D eigenvalue weighted by Gasteiger charge is 1.98. The molecule has 104 valence electrons. The summed E-state index contributed by atoms with van der Waals surface area (Å²) in [6.45, 7) is 2.17. The topological polar surface area (TPSA) is 61.7 Å². The molecule has 19 heavy (non-hydrogen) atoms. The van der Waals surface area contributed by atoms with Crippen molar-refractivity contribution < 1.29 is 9.90 Å². The first-order chi connectivity index (χ1) is 9.22. The maximum absolute atomic E-state index is 11.5. The van der Waals surface area contributed by atoms with Crippen LogP contribution in [0.5, 0.6) is 5.75 Å². The fourth-order valence-corrected chi connectivity index (χ4v) is 1.68. The lowest BCUT2D eigenvalue weighted by molar-refractivity contribution is -0.121. The number of amides is 1. The Hall–Kier alpha value is -1.84. The van der Waals surface area contributed by atoms with Gasteiger partial charge in [-0.15, -0.1) is 0 Å². The number of aromatic hydroxyl groups is 1. The highest BCUT2D eigenvalue weighted by atomic mass is 16.3. The van der Waals surface area contributed by atoms with Gasteiger partial charge in [0.2, 0.25) is 5.91 Å². The summed E-state index contributed by atoms with van der Waals surface area (Å²) < 4.78 is 0. The number of phenolic OH excluding ortho intramolecular Hbond substituents is 1. The highest BCUT2D eigenvalue weighted by molar-refractivity contribution is 5.82. The molecule has 0 aliphatic carbocycles. The Morgan fingerprint density at radius 3 is 2.58 bits per heavy atom. The summed E-state index contributed by atoms with van der Waals surface area (Å²) in [4.78, 5) is 11.5. The van der Waals surface area contributed by atoms with Gasteiger partial charge in [0, 0.05) is 6.42 Å². The lowest BCUT2D eigenvalue weighted by Crippen LogP contribution is -2.16. The number of unbranched alkanes of at least 4 members (excludes halogenated alkanes) is 4. The third-order valence-corrected chi connectivity index (χ3v) is 2.80. The molecule has 0 aliphatic rings. The van der Waals surface area contributed by atoms with E-state index < -0.39 is 0 Å². The van der Waals surface area contributed by atoms with E-state index in [1.165, 1.54) is 19.3 Å². The van der Waals surface area contributed by atoms with Crippen molar-refractivity contribution in [3.63, 3.8) is 0 Å². The second kappa shape index (κ2) is 9.14. The summed E-state index contributed by atoms with van der Waals surface area (Å²) >= 11 is 0. The quantitative estimate of drug-likeness (QED) is 0.429. The number of benzene rings is 1. The van der Waals surface area contributed by atoms with Crippen LogP contribution in [0.25, 0.3) is 0 Å². The first-order valence-corrected chi connectivity index (χ1v) is 6.83. The zero-order chi connectivity index (χ0) is 13.9. The molecule has 0 fully saturated rings. The highest BCUT2D eigenvalue weighted by Crippen LogP contribution is 2.07. The maximum atomic E-state index is 11.5. The Balaban J connectivity index is 2.17. The third kappa shape index (κ3) is 7.24. The largest absolute Gasteiger partial charge is 0.508 e. The average molecular weight is 262 g/mol. The predicted octanol–water partition coefficient (Wildman–Crippen LogP) is 3.20. The van der Waals surface area contributed by atoms with Crippen molar-refractivity contribution in [1.29, 1.82) is 0 Å². The van der Waals surface area contributed by atoms with Crippen LogP contribution in [-0.4, -0.2) is 17.2 Å². The van der Waals surface area contributed by atoms with Gasteiger partial charge in [0.05, 0.1) is 6.21 Å². The molecular formula is C15H22N2O2. The number of carbonyl (C=O) groups is 1. The average Bonchev–Trinajstić information content (AvgIpc) is 2.41. The van der Waals surface area contributed by atoms with Crippen molar-refractivity contribution in [2.24, 2.45) is 5.10 Å². The molecule has 0 atom stereocenters. The Morgan fingerprint density at radius 2 is 1.89 bits per heavy atom. The lowest BCUT2D eigenvalue weighted by Gasteiger charge is -2.00. The van der Waals surface area contributed by atoms with Crippen molar-refractivity contribution in [3.05, 3.63) is 29.8 Å². The molecule has 0 aromatic heterocycles. The minimum atomic E-state index is -0.0495. The predicted molar refractivity (Wildman–Crippen MR) is 77.2 cm³/mol. The van der Waals surface area contributed by atoms with Gasteiger partial charge in [0.25, 0.3) is 0 Å². The number of carbonyl (C=O) groups excluding carboxylic acids is 1. The van der Waals surface area contributed by atoms with Gasteiger partial charge in [-0.05, 0) is 36.2 Å². The van der Waals surface area contributed by atoms with Crippen molar-refractivity contribution in [3.8, 4) is 5.75 Å². The van der Waals surface area contributed by atoms with E-state index in [-0.39, 0.29) is 11.7 Å². The number of hydrogen-bond acceptors (Lipinski definition) is 3. The first-order valence-electron chi connectivity index (χ1n) is 6.83. The van der Waals surface area contributed by atoms with Gasteiger partial charge in [0.15, 0.2) is 0 Å². The van der Waals surface area contributed by atoms with Gasteiger partial charge >= 0.3 is 0 Å². The van der Waals surface area contributed by atoms with E-state index >= 15 is 0 Å². The van der Waals surface area contributed by atoms with Crippen molar-refractivity contribution in [1.82, 2.24) is 5.43 Å². The SMILES string of the molecule is CCCCCCCC(=O)N/N=C\c1ccc(O)cc1. The summed E-state index contributed by atoms with van der Waals surface area (Å²) in [6, 6.07) is 6.62. The molecule has 0 heterocycles. The van der Waals surface area contributed by atoms with Crippen LogP contribution < -0.4 is 5.43 Å². The molecular weight excluding hydrogens is 240 g/mol. The van der Waals surface area contributed by atoms with Gasteiger partial charge in [-0.2, -0.15) is 5.10 Å². The number of rotatable bonds is 8. The Bertz CT molecular complexity index is 399. The van der Waals surface area contributed by atoms with Gasteiger partial charge < -0.3 is 5.11 Å². The zero-order valence-electron chi connectivity index (χ0n) is 11.4. The van der Waals surface area contributed by atoms with Crippen LogP contribution in [0, 0.1) is 0 Å². The van der Waals surface area contributed by atoms with Crippen LogP contribution >= 0.6 is 0 Å². The summed E-state index contributed by atoms with van der Waals surface area (Å²) in [7, 11) is 0. The van der Waals surface area contributed by atoms with E-state index in [0.29, 0.717) is 6.42 Å². The van der Waals surface area contributed by atoms with Gasteiger partial charge in [-0.3, -0.25) is 4.79 Å². The molecule has 0 unspecified atom stereocenters. The molecule has 0 radical (unpaired) electrons. The van der Waals surface area contributed by atoms with E-state index in [0.717, 1.165) is 18.4 Å². The number of phenols is 1. The summed E-state index contributed by atoms with van der Waals surface area (Å²) in [5, 5.41) is 13.0. The van der Waals surface area contributed by atoms with Crippen LogP contribution in [0.3, 0.4) is 0 Å². The minimum absolute atomic E-state index is 0.0495. The number of nitrogens with zero attached hydrogens (tertiary/aromatic N) is 1. The van der Waals surface area contributed by atoms with Gasteiger partial charge in [0.1, 0.15) is 5.75 Å². The molecule has 0 saturated heterocycles. The summed E-state index contributed by atoms with van der Waals surface area (Å²) in [6.07, 6.45) is 7.75. The van der Waals surface area contributed by atoms with E-state index in [9.17, 15) is 4.79 Å². The Labute approximate surface area is 114 Å². The normalized spacial score (nSPS) is 10.8. The number of hydrazone groups is 1. The van der Waals surface area contributed by atoms with Crippen molar-refractivity contribution in [2.75, 3.05) is 0 Å². The summed E-state index contributed by atoms with van der Waals surface area (Å²) in [5.74, 6) is 0.166. The molecule has 0 aliphatic heterocycles. The van der Waals surface area contributed by atoms with Crippen molar-refractivity contribution >= 4 is 12.1 Å². The number of nitrogens with one attached hydrogen (secondary N) is 1. The first kappa shape index (κ1) is 15.2. The smallest absolute Gasteiger partial charge is 0.240 e. The Morgan fingerprint density at radius 1 is 1.21 bits per heavy atom. The third-order valence-electron chi connectivity index (χ3n) is 2.80. The molecule has 4 heteroatoms. The van der Waals surface area contributed by atoms with Gasteiger partial charge in [-0.25, -0.2) is 5.43 Å². The molecule has 0 spiro atoms. The zero-order valence-corrected chi connectivity index (χ0v) is 11.4. The molecule has 1 amide bonds. The molecule has 2 N–H and O–H groups in total. The van der Waals surface area contributed by atoms with E-state index in [2.05, 4.69) is 17.5 Å². The minimum Gasteiger partial charge on any atom is -0.508 e. The second-order valence-electron chi connectivity index (χ2n) is 4.55. The van der Waals surface area contributed by atoms with Crippen LogP contribution in [0.15, 0.2) is 29.4 Å². The summed E-state index contributed by atoms with van der Waals surface area (Å²) in [5.41, 5.74) is 3.34. The monoisotopic (exact) mass is 262 g/mol. The molecule has 1 aromatic carbocycles. The van der Waals surface area contributed by atoms with Gasteiger partial charge in [-0.1, -0.05) is 32.6 Å². The van der Waals surface area contributed by atoms with E-state index in [4.69, 9.17) is 5.11 Å². The van der Waals surface area contributed by atoms with E-state index in [1.54, 1.807) is 30.5 Å². The fraction of sp³-hybridized carbons (Fsp3) is 0.467. The van der Waals surface area contributed by atoms with Crippen LogP contribution in [0.2, 0.25) is 0 Å². The van der Waals surface area contributed by atoms with Crippen LogP contribution in [0.4, 0.5) is 0 Å². The van der Waals surface area contributed by atoms with Crippen LogP contribution in [-0.2, 0) is 4.79 Å². The fourth-order valence-electron chi connectivity index (χ4n) is 1.68. The van der Waals surface area contributed by atoms with Crippen LogP contribution in [0.1, 0.15) is 51.0 Å². The molecule has 4 nitrogen and oxygen atoms in total. The standard InChI is InChI=1S/C15H22N2O2/c1-2-3-4-5-6-7-15(19)17-16-12-13-8-10-14(18)11-9-13/h8-12,18H,2-7H2,1H3,(H,17,19)/b16-12-. The second-order valence-corrected chi connectivity index (χ2v) is 4.55.